The molecule has 3 aromatic rings. The van der Waals surface area contributed by atoms with Crippen LogP contribution >= 0.6 is 0 Å². The molecule has 0 radical (unpaired) electrons. The number of phenols is 1. The topological polar surface area (TPSA) is 163 Å². The summed E-state index contributed by atoms with van der Waals surface area (Å²) in [6.07, 6.45) is 2.32. The molecule has 40 heavy (non-hydrogen) atoms. The Hall–Kier alpha value is -5.37. The number of nitriles is 1. The van der Waals surface area contributed by atoms with Gasteiger partial charge in [0.1, 0.15) is 12.4 Å². The second kappa shape index (κ2) is 13.4. The summed E-state index contributed by atoms with van der Waals surface area (Å²) in [4.78, 5) is 30.9. The lowest BCUT2D eigenvalue weighted by atomic mass is 10.0. The van der Waals surface area contributed by atoms with Gasteiger partial charge in [0, 0.05) is 24.3 Å². The zero-order valence-corrected chi connectivity index (χ0v) is 21.6. The quantitative estimate of drug-likeness (QED) is 0.0901. The van der Waals surface area contributed by atoms with E-state index in [1.165, 1.54) is 12.1 Å². The molecule has 0 bridgehead atoms. The highest BCUT2D eigenvalue weighted by Crippen LogP contribution is 2.20. The van der Waals surface area contributed by atoms with Crippen LogP contribution in [0, 0.1) is 16.9 Å². The van der Waals surface area contributed by atoms with Crippen molar-refractivity contribution < 1.29 is 19.4 Å². The minimum Gasteiger partial charge on any atom is -0.508 e. The molecule has 1 saturated heterocycles. The van der Waals surface area contributed by atoms with Crippen LogP contribution in [-0.4, -0.2) is 52.8 Å². The van der Waals surface area contributed by atoms with Crippen LogP contribution in [-0.2, 0) is 16.1 Å². The van der Waals surface area contributed by atoms with E-state index in [9.17, 15) is 20.0 Å². The average molecular weight is 540 g/mol. The van der Waals surface area contributed by atoms with Gasteiger partial charge in [0.05, 0.1) is 18.3 Å². The molecule has 0 saturated carbocycles. The molecule has 1 heterocycles. The SMILES string of the molecule is N#CNC(=NCC(C(=N)c1ccc(NC(=O)OCc2ccccc2)cc1)N1CCCC1=O)Nc1ccc(O)cc1. The van der Waals surface area contributed by atoms with E-state index in [1.807, 2.05) is 36.5 Å². The largest absolute Gasteiger partial charge is 0.508 e. The van der Waals surface area contributed by atoms with Crippen LogP contribution in [0.15, 0.2) is 83.9 Å². The number of nitrogens with one attached hydrogen (secondary N) is 4. The van der Waals surface area contributed by atoms with Gasteiger partial charge in [-0.1, -0.05) is 42.5 Å². The van der Waals surface area contributed by atoms with E-state index in [2.05, 4.69) is 20.9 Å². The molecule has 1 aliphatic heterocycles. The van der Waals surface area contributed by atoms with E-state index < -0.39 is 12.1 Å². The molecule has 3 aromatic carbocycles. The van der Waals surface area contributed by atoms with E-state index in [-0.39, 0.29) is 36.5 Å². The number of carbonyl (C=O) groups is 2. The van der Waals surface area contributed by atoms with Gasteiger partial charge in [0.2, 0.25) is 11.9 Å². The summed E-state index contributed by atoms with van der Waals surface area (Å²) in [5, 5.41) is 35.7. The van der Waals surface area contributed by atoms with Crippen molar-refractivity contribution in [2.75, 3.05) is 23.7 Å². The van der Waals surface area contributed by atoms with Crippen molar-refractivity contribution in [2.45, 2.75) is 25.5 Å². The third kappa shape index (κ3) is 7.58. The van der Waals surface area contributed by atoms with Crippen molar-refractivity contribution in [1.82, 2.24) is 10.2 Å². The number of aliphatic imine (C=N–C) groups is 1. The fourth-order valence-corrected chi connectivity index (χ4v) is 4.17. The molecule has 0 spiro atoms. The number of likely N-dealkylation sites (tertiary alicyclic amines) is 1. The lowest BCUT2D eigenvalue weighted by Gasteiger charge is -2.27. The van der Waals surface area contributed by atoms with Crippen molar-refractivity contribution in [3.05, 3.63) is 90.0 Å². The van der Waals surface area contributed by atoms with Gasteiger partial charge >= 0.3 is 6.09 Å². The van der Waals surface area contributed by atoms with Crippen molar-refractivity contribution in [3.63, 3.8) is 0 Å². The predicted octanol–water partition coefficient (Wildman–Crippen LogP) is 4.04. The minimum atomic E-state index is -0.665. The van der Waals surface area contributed by atoms with E-state index >= 15 is 0 Å². The highest BCUT2D eigenvalue weighted by molar-refractivity contribution is 6.05. The van der Waals surface area contributed by atoms with E-state index in [0.717, 1.165) is 5.56 Å². The normalized spacial score (nSPS) is 13.7. The molecule has 11 nitrogen and oxygen atoms in total. The summed E-state index contributed by atoms with van der Waals surface area (Å²) in [7, 11) is 0. The van der Waals surface area contributed by atoms with Gasteiger partial charge in [-0.2, -0.15) is 5.26 Å². The number of nitrogens with zero attached hydrogens (tertiary/aromatic N) is 3. The average Bonchev–Trinajstić information content (AvgIpc) is 3.39. The Morgan fingerprint density at radius 2 is 1.73 bits per heavy atom. The van der Waals surface area contributed by atoms with Crippen LogP contribution in [0.1, 0.15) is 24.0 Å². The van der Waals surface area contributed by atoms with Crippen molar-refractivity contribution in [3.8, 4) is 11.9 Å². The fourth-order valence-electron chi connectivity index (χ4n) is 4.17. The molecular weight excluding hydrogens is 510 g/mol. The van der Waals surface area contributed by atoms with Crippen LogP contribution in [0.3, 0.4) is 0 Å². The summed E-state index contributed by atoms with van der Waals surface area (Å²) in [6, 6.07) is 21.6. The first-order valence-electron chi connectivity index (χ1n) is 12.6. The number of guanidine groups is 1. The molecule has 204 valence electrons. The second-order valence-electron chi connectivity index (χ2n) is 8.98. The van der Waals surface area contributed by atoms with Gasteiger partial charge in [-0.3, -0.25) is 15.4 Å². The second-order valence-corrected chi connectivity index (χ2v) is 8.98. The number of rotatable bonds is 9. The third-order valence-corrected chi connectivity index (χ3v) is 6.20. The van der Waals surface area contributed by atoms with Crippen LogP contribution in [0.25, 0.3) is 0 Å². The van der Waals surface area contributed by atoms with E-state index in [0.29, 0.717) is 36.3 Å². The number of benzene rings is 3. The molecule has 4 rings (SSSR count). The monoisotopic (exact) mass is 539 g/mol. The molecular formula is C29H29N7O4. The van der Waals surface area contributed by atoms with Crippen molar-refractivity contribution in [1.29, 1.82) is 10.7 Å². The Morgan fingerprint density at radius 1 is 1.05 bits per heavy atom. The zero-order chi connectivity index (χ0) is 28.3. The molecule has 1 atom stereocenters. The van der Waals surface area contributed by atoms with Crippen LogP contribution < -0.4 is 16.0 Å². The van der Waals surface area contributed by atoms with Crippen LogP contribution in [0.5, 0.6) is 5.75 Å². The Morgan fingerprint density at radius 3 is 2.38 bits per heavy atom. The summed E-state index contributed by atoms with van der Waals surface area (Å²) >= 11 is 0. The Labute approximate surface area is 231 Å². The maximum absolute atomic E-state index is 12.6. The summed E-state index contributed by atoms with van der Waals surface area (Å²) in [5.41, 5.74) is 2.70. The predicted molar refractivity (Wildman–Crippen MR) is 151 cm³/mol. The number of aromatic hydroxyl groups is 1. The first kappa shape index (κ1) is 27.7. The van der Waals surface area contributed by atoms with Gasteiger partial charge in [0.25, 0.3) is 0 Å². The summed E-state index contributed by atoms with van der Waals surface area (Å²) in [6.45, 7) is 0.678. The Balaban J connectivity index is 1.44. The molecule has 1 fully saturated rings. The van der Waals surface area contributed by atoms with Gasteiger partial charge in [-0.05, 0) is 53.9 Å². The first-order valence-corrected chi connectivity index (χ1v) is 12.6. The Bertz CT molecular complexity index is 1400. The lowest BCUT2D eigenvalue weighted by Crippen LogP contribution is -2.44. The number of carbonyl (C=O) groups excluding carboxylic acids is 2. The highest BCUT2D eigenvalue weighted by atomic mass is 16.5. The van der Waals surface area contributed by atoms with Crippen molar-refractivity contribution in [2.24, 2.45) is 4.99 Å². The third-order valence-electron chi connectivity index (χ3n) is 6.20. The van der Waals surface area contributed by atoms with Gasteiger partial charge in [-0.25, -0.2) is 9.79 Å². The summed E-state index contributed by atoms with van der Waals surface area (Å²) < 4.78 is 5.25. The van der Waals surface area contributed by atoms with Crippen LogP contribution in [0.4, 0.5) is 16.2 Å². The molecule has 5 N–H and O–H groups in total. The van der Waals surface area contributed by atoms with Gasteiger partial charge in [0.15, 0.2) is 6.19 Å². The van der Waals surface area contributed by atoms with Crippen LogP contribution in [0.2, 0.25) is 0 Å². The first-order chi connectivity index (χ1) is 19.4. The molecule has 0 aromatic heterocycles. The number of anilines is 2. The standard InChI is InChI=1S/C29H29N7O4/c30-19-33-28(34-22-12-14-24(37)15-13-22)32-17-25(36-16-4-7-26(36)38)27(31)21-8-10-23(11-9-21)35-29(39)40-18-20-5-2-1-3-6-20/h1-3,5-6,8-15,25,31,37H,4,7,16-18H2,(H,35,39)(H2,32,33,34). The smallest absolute Gasteiger partial charge is 0.411 e. The van der Waals surface area contributed by atoms with E-state index in [4.69, 9.17) is 10.1 Å². The minimum absolute atomic E-state index is 0.0332. The van der Waals surface area contributed by atoms with Crippen molar-refractivity contribution >= 4 is 35.0 Å². The van der Waals surface area contributed by atoms with E-state index in [1.54, 1.807) is 41.3 Å². The fraction of sp³-hybridized carbons (Fsp3) is 0.207. The molecule has 11 heteroatoms. The molecule has 0 aliphatic carbocycles. The maximum Gasteiger partial charge on any atom is 0.411 e. The zero-order valence-electron chi connectivity index (χ0n) is 21.6. The number of ether oxygens (including phenoxy) is 1. The van der Waals surface area contributed by atoms with Gasteiger partial charge < -0.3 is 25.5 Å². The van der Waals surface area contributed by atoms with Gasteiger partial charge in [-0.15, -0.1) is 0 Å². The summed E-state index contributed by atoms with van der Waals surface area (Å²) in [5.74, 6) is 0.181. The molecule has 2 amide bonds. The highest BCUT2D eigenvalue weighted by Gasteiger charge is 2.31. The lowest BCUT2D eigenvalue weighted by molar-refractivity contribution is -0.128. The molecule has 1 unspecified atom stereocenters. The number of hydrogen-bond acceptors (Lipinski definition) is 7. The molecule has 1 aliphatic rings. The Kier molecular flexibility index (Phi) is 9.29. The number of amides is 2. The maximum atomic E-state index is 12.6. The number of hydrogen-bond donors (Lipinski definition) is 5. The number of phenolic OH excluding ortho intramolecular Hbond substituents is 1.